The Morgan fingerprint density at radius 1 is 1.25 bits per heavy atom. The highest BCUT2D eigenvalue weighted by Gasteiger charge is 2.27. The predicted molar refractivity (Wildman–Crippen MR) is 86.6 cm³/mol. The van der Waals surface area contributed by atoms with Gasteiger partial charge in [0.25, 0.3) is 0 Å². The quantitative estimate of drug-likeness (QED) is 0.788. The Hall–Kier alpha value is -3.02. The summed E-state index contributed by atoms with van der Waals surface area (Å²) in [5, 5.41) is 13.0. The smallest absolute Gasteiger partial charge is 0.337 e. The van der Waals surface area contributed by atoms with E-state index < -0.39 is 5.97 Å². The largest absolute Gasteiger partial charge is 0.478 e. The number of carboxylic acid groups (broad SMARTS) is 1. The van der Waals surface area contributed by atoms with Gasteiger partial charge in [0.05, 0.1) is 11.3 Å². The van der Waals surface area contributed by atoms with Gasteiger partial charge in [-0.05, 0) is 42.5 Å². The lowest BCUT2D eigenvalue weighted by molar-refractivity contribution is 0.0696. The first-order valence-corrected chi connectivity index (χ1v) is 7.76. The molecule has 6 nitrogen and oxygen atoms in total. The fourth-order valence-corrected chi connectivity index (χ4v) is 2.76. The highest BCUT2D eigenvalue weighted by molar-refractivity contribution is 5.87. The van der Waals surface area contributed by atoms with Crippen LogP contribution in [0, 0.1) is 6.92 Å². The third-order valence-corrected chi connectivity index (χ3v) is 4.14. The summed E-state index contributed by atoms with van der Waals surface area (Å²) in [6.07, 6.45) is 3.69. The molecule has 0 atom stereocenters. The summed E-state index contributed by atoms with van der Waals surface area (Å²) in [7, 11) is 0. The average Bonchev–Trinajstić information content (AvgIpc) is 3.35. The Morgan fingerprint density at radius 3 is 2.67 bits per heavy atom. The molecule has 24 heavy (non-hydrogen) atoms. The van der Waals surface area contributed by atoms with E-state index in [9.17, 15) is 4.79 Å². The molecule has 4 rings (SSSR count). The monoisotopic (exact) mass is 321 g/mol. The molecular formula is C18H15N3O3. The van der Waals surface area contributed by atoms with Crippen LogP contribution < -0.4 is 0 Å². The maximum atomic E-state index is 11.0. The van der Waals surface area contributed by atoms with Crippen molar-refractivity contribution in [3.8, 4) is 22.6 Å². The van der Waals surface area contributed by atoms with E-state index in [2.05, 4.69) is 21.2 Å². The van der Waals surface area contributed by atoms with Crippen LogP contribution in [0.1, 0.15) is 40.6 Å². The Bertz CT molecular complexity index is 912. The van der Waals surface area contributed by atoms with Crippen molar-refractivity contribution < 1.29 is 14.4 Å². The maximum absolute atomic E-state index is 11.0. The summed E-state index contributed by atoms with van der Waals surface area (Å²) >= 11 is 0. The fourth-order valence-electron chi connectivity index (χ4n) is 2.76. The number of aryl methyl sites for hydroxylation is 1. The van der Waals surface area contributed by atoms with Crippen LogP contribution in [-0.4, -0.2) is 26.2 Å². The molecule has 0 unspecified atom stereocenters. The molecule has 1 aliphatic carbocycles. The summed E-state index contributed by atoms with van der Waals surface area (Å²) in [6.45, 7) is 1.76. The van der Waals surface area contributed by atoms with Gasteiger partial charge in [-0.2, -0.15) is 4.98 Å². The molecule has 1 aromatic carbocycles. The second-order valence-electron chi connectivity index (χ2n) is 5.95. The van der Waals surface area contributed by atoms with E-state index in [1.165, 1.54) is 11.8 Å². The minimum atomic E-state index is -0.973. The average molecular weight is 321 g/mol. The minimum absolute atomic E-state index is 0.186. The van der Waals surface area contributed by atoms with E-state index in [4.69, 9.17) is 9.63 Å². The minimum Gasteiger partial charge on any atom is -0.478 e. The summed E-state index contributed by atoms with van der Waals surface area (Å²) < 4.78 is 5.06. The number of aromatic nitrogens is 3. The fraction of sp³-hybridized carbons (Fsp3) is 0.222. The van der Waals surface area contributed by atoms with Gasteiger partial charge < -0.3 is 9.63 Å². The van der Waals surface area contributed by atoms with Crippen molar-refractivity contribution in [3.63, 3.8) is 0 Å². The van der Waals surface area contributed by atoms with E-state index in [1.807, 2.05) is 12.1 Å². The van der Waals surface area contributed by atoms with Crippen LogP contribution in [0.4, 0.5) is 0 Å². The third-order valence-electron chi connectivity index (χ3n) is 4.14. The number of nitrogens with zero attached hydrogens (tertiary/aromatic N) is 3. The van der Waals surface area contributed by atoms with Crippen LogP contribution in [0.5, 0.6) is 0 Å². The molecule has 0 bridgehead atoms. The number of hydrogen-bond donors (Lipinski definition) is 1. The van der Waals surface area contributed by atoms with Crippen LogP contribution >= 0.6 is 0 Å². The number of pyridine rings is 1. The van der Waals surface area contributed by atoms with Gasteiger partial charge in [0, 0.05) is 24.2 Å². The number of benzene rings is 1. The lowest BCUT2D eigenvalue weighted by atomic mass is 9.97. The number of carbonyl (C=O) groups is 1. The first-order chi connectivity index (χ1) is 11.6. The summed E-state index contributed by atoms with van der Waals surface area (Å²) in [5.41, 5.74) is 4.10. The summed E-state index contributed by atoms with van der Waals surface area (Å²) in [5.74, 6) is 0.649. The van der Waals surface area contributed by atoms with E-state index in [0.717, 1.165) is 29.7 Å². The maximum Gasteiger partial charge on any atom is 0.337 e. The SMILES string of the molecule is Cc1nc(-c2ccc(-c3ccc(C(=O)O)cn3)c(C3CC3)c2)no1. The number of hydrogen-bond acceptors (Lipinski definition) is 5. The molecule has 1 aliphatic rings. The number of aromatic carboxylic acids is 1. The van der Waals surface area contributed by atoms with Gasteiger partial charge in [-0.25, -0.2) is 4.79 Å². The van der Waals surface area contributed by atoms with Gasteiger partial charge in [0.15, 0.2) is 0 Å². The predicted octanol–water partition coefficient (Wildman–Crippen LogP) is 3.68. The van der Waals surface area contributed by atoms with Crippen molar-refractivity contribution in [1.29, 1.82) is 0 Å². The second-order valence-corrected chi connectivity index (χ2v) is 5.95. The van der Waals surface area contributed by atoms with Crippen molar-refractivity contribution in [3.05, 3.63) is 53.5 Å². The van der Waals surface area contributed by atoms with Crippen LogP contribution in [-0.2, 0) is 0 Å². The van der Waals surface area contributed by atoms with Gasteiger partial charge in [0.1, 0.15) is 0 Å². The molecule has 0 amide bonds. The highest BCUT2D eigenvalue weighted by atomic mass is 16.5. The molecule has 1 fully saturated rings. The van der Waals surface area contributed by atoms with Gasteiger partial charge in [-0.15, -0.1) is 0 Å². The zero-order valence-electron chi connectivity index (χ0n) is 13.1. The topological polar surface area (TPSA) is 89.1 Å². The third kappa shape index (κ3) is 2.67. The molecule has 3 aromatic rings. The first kappa shape index (κ1) is 14.6. The van der Waals surface area contributed by atoms with Crippen LogP contribution in [0.2, 0.25) is 0 Å². The lowest BCUT2D eigenvalue weighted by Crippen LogP contribution is -1.98. The van der Waals surface area contributed by atoms with Crippen LogP contribution in [0.15, 0.2) is 41.1 Å². The molecule has 2 heterocycles. The molecule has 6 heteroatoms. The molecule has 0 radical (unpaired) electrons. The van der Waals surface area contributed by atoms with Gasteiger partial charge in [0.2, 0.25) is 11.7 Å². The zero-order valence-corrected chi connectivity index (χ0v) is 13.1. The Balaban J connectivity index is 1.76. The van der Waals surface area contributed by atoms with E-state index in [0.29, 0.717) is 17.6 Å². The van der Waals surface area contributed by atoms with Gasteiger partial charge in [-0.3, -0.25) is 4.98 Å². The lowest BCUT2D eigenvalue weighted by Gasteiger charge is -2.10. The molecule has 0 aliphatic heterocycles. The zero-order chi connectivity index (χ0) is 16.7. The Kier molecular flexibility index (Phi) is 3.37. The molecule has 0 saturated heterocycles. The standard InChI is InChI=1S/C18H15N3O3/c1-10-20-17(21-24-10)12-4-6-14(15(8-12)11-2-3-11)16-7-5-13(9-19-16)18(22)23/h4-9,11H,2-3H2,1H3,(H,22,23). The first-order valence-electron chi connectivity index (χ1n) is 7.76. The second kappa shape index (κ2) is 5.56. The molecule has 2 aromatic heterocycles. The van der Waals surface area contributed by atoms with Gasteiger partial charge in [-0.1, -0.05) is 17.3 Å². The molecule has 1 saturated carbocycles. The van der Waals surface area contributed by atoms with Gasteiger partial charge >= 0.3 is 5.97 Å². The summed E-state index contributed by atoms with van der Waals surface area (Å²) in [6, 6.07) is 9.36. The van der Waals surface area contributed by atoms with Crippen LogP contribution in [0.25, 0.3) is 22.6 Å². The molecule has 1 N–H and O–H groups in total. The molecular weight excluding hydrogens is 306 g/mol. The molecule has 120 valence electrons. The Labute approximate surface area is 138 Å². The van der Waals surface area contributed by atoms with Crippen molar-refractivity contribution in [2.45, 2.75) is 25.7 Å². The Morgan fingerprint density at radius 2 is 2.08 bits per heavy atom. The van der Waals surface area contributed by atoms with Crippen molar-refractivity contribution >= 4 is 5.97 Å². The highest BCUT2D eigenvalue weighted by Crippen LogP contribution is 2.45. The number of rotatable bonds is 4. The van der Waals surface area contributed by atoms with Crippen LogP contribution in [0.3, 0.4) is 0 Å². The van der Waals surface area contributed by atoms with E-state index in [-0.39, 0.29) is 5.56 Å². The normalized spacial score (nSPS) is 13.9. The van der Waals surface area contributed by atoms with Crippen molar-refractivity contribution in [2.75, 3.05) is 0 Å². The molecule has 0 spiro atoms. The van der Waals surface area contributed by atoms with E-state index >= 15 is 0 Å². The van der Waals surface area contributed by atoms with E-state index in [1.54, 1.807) is 19.1 Å². The van der Waals surface area contributed by atoms with Crippen molar-refractivity contribution in [2.24, 2.45) is 0 Å². The van der Waals surface area contributed by atoms with Crippen molar-refractivity contribution in [1.82, 2.24) is 15.1 Å². The summed E-state index contributed by atoms with van der Waals surface area (Å²) in [4.78, 5) is 19.6. The number of carboxylic acids is 1.